The Kier molecular flexibility index (Phi) is 5.15. The zero-order valence-corrected chi connectivity index (χ0v) is 16.5. The monoisotopic (exact) mass is 396 g/mol. The lowest BCUT2D eigenvalue weighted by Crippen LogP contribution is -2.45. The third-order valence-corrected chi connectivity index (χ3v) is 5.56. The van der Waals surface area contributed by atoms with Crippen molar-refractivity contribution in [3.63, 3.8) is 0 Å². The summed E-state index contributed by atoms with van der Waals surface area (Å²) in [5.74, 6) is 1.03. The summed E-state index contributed by atoms with van der Waals surface area (Å²) in [4.78, 5) is 27.8. The van der Waals surface area contributed by atoms with E-state index in [0.717, 1.165) is 12.8 Å². The van der Waals surface area contributed by atoms with Gasteiger partial charge >= 0.3 is 6.03 Å². The number of amides is 3. The fourth-order valence-electron chi connectivity index (χ4n) is 3.97. The minimum absolute atomic E-state index is 0.118. The van der Waals surface area contributed by atoms with Gasteiger partial charge < -0.3 is 19.5 Å². The number of benzene rings is 2. The molecular weight excluding hydrogens is 372 g/mol. The number of hydrogen-bond acceptors (Lipinski definition) is 5. The van der Waals surface area contributed by atoms with E-state index in [2.05, 4.69) is 5.32 Å². The second kappa shape index (κ2) is 7.75. The number of ether oxygens (including phenoxy) is 3. The first kappa shape index (κ1) is 19.3. The van der Waals surface area contributed by atoms with E-state index < -0.39 is 11.6 Å². The molecule has 3 amide bonds. The third-order valence-electron chi connectivity index (χ3n) is 5.56. The molecule has 0 radical (unpaired) electrons. The summed E-state index contributed by atoms with van der Waals surface area (Å²) in [5, 5.41) is 2.95. The highest BCUT2D eigenvalue weighted by Gasteiger charge is 2.54. The van der Waals surface area contributed by atoms with Crippen LogP contribution >= 0.6 is 0 Å². The van der Waals surface area contributed by atoms with Gasteiger partial charge in [0.1, 0.15) is 11.5 Å². The van der Waals surface area contributed by atoms with Crippen LogP contribution in [0.3, 0.4) is 0 Å². The van der Waals surface area contributed by atoms with Crippen LogP contribution in [0.1, 0.15) is 24.0 Å². The van der Waals surface area contributed by atoms with Crippen LogP contribution in [-0.4, -0.2) is 50.3 Å². The van der Waals surface area contributed by atoms with E-state index in [4.69, 9.17) is 14.2 Å². The van der Waals surface area contributed by atoms with E-state index in [-0.39, 0.29) is 18.6 Å². The predicted molar refractivity (Wildman–Crippen MR) is 106 cm³/mol. The van der Waals surface area contributed by atoms with Crippen LogP contribution in [0.4, 0.5) is 4.79 Å². The van der Waals surface area contributed by atoms with Crippen LogP contribution in [0, 0.1) is 0 Å². The lowest BCUT2D eigenvalue weighted by molar-refractivity contribution is -0.131. The van der Waals surface area contributed by atoms with Gasteiger partial charge in [0.2, 0.25) is 0 Å². The summed E-state index contributed by atoms with van der Waals surface area (Å²) in [7, 11) is 3.17. The van der Waals surface area contributed by atoms with Crippen molar-refractivity contribution >= 4 is 11.9 Å². The van der Waals surface area contributed by atoms with Crippen LogP contribution in [0.2, 0.25) is 0 Å². The molecule has 7 nitrogen and oxygen atoms in total. The molecule has 2 fully saturated rings. The molecular formula is C22H24N2O5. The molecule has 152 valence electrons. The summed E-state index contributed by atoms with van der Waals surface area (Å²) in [6.45, 7) is 0.912. The largest absolute Gasteiger partial charge is 0.497 e. The van der Waals surface area contributed by atoms with Gasteiger partial charge in [0, 0.05) is 6.61 Å². The fourth-order valence-corrected chi connectivity index (χ4v) is 3.97. The summed E-state index contributed by atoms with van der Waals surface area (Å²) in [6, 6.07) is 13.9. The summed E-state index contributed by atoms with van der Waals surface area (Å²) < 4.78 is 16.1. The number of urea groups is 1. The van der Waals surface area contributed by atoms with Crippen LogP contribution in [0.5, 0.6) is 11.5 Å². The molecule has 0 aliphatic carbocycles. The van der Waals surface area contributed by atoms with Crippen molar-refractivity contribution < 1.29 is 23.8 Å². The first-order valence-corrected chi connectivity index (χ1v) is 9.63. The zero-order chi connectivity index (χ0) is 20.4. The molecule has 0 spiro atoms. The maximum absolute atomic E-state index is 13.7. The second-order valence-electron chi connectivity index (χ2n) is 7.19. The topological polar surface area (TPSA) is 77.1 Å². The maximum Gasteiger partial charge on any atom is 0.325 e. The molecule has 0 unspecified atom stereocenters. The summed E-state index contributed by atoms with van der Waals surface area (Å²) >= 11 is 0. The third kappa shape index (κ3) is 3.31. The number of hydrogen-bond donors (Lipinski definition) is 1. The van der Waals surface area contributed by atoms with Gasteiger partial charge in [-0.3, -0.25) is 9.69 Å². The van der Waals surface area contributed by atoms with Crippen molar-refractivity contribution in [3.8, 4) is 11.5 Å². The molecule has 1 N–H and O–H groups in total. The molecule has 0 saturated carbocycles. The molecule has 2 aliphatic heterocycles. The van der Waals surface area contributed by atoms with Gasteiger partial charge in [0.05, 0.1) is 26.9 Å². The van der Waals surface area contributed by atoms with Crippen LogP contribution in [0.25, 0.3) is 0 Å². The Morgan fingerprint density at radius 2 is 1.55 bits per heavy atom. The zero-order valence-electron chi connectivity index (χ0n) is 16.5. The number of rotatable bonds is 6. The number of nitrogens with one attached hydrogen (secondary N) is 1. The van der Waals surface area contributed by atoms with Crippen molar-refractivity contribution in [1.82, 2.24) is 10.2 Å². The van der Waals surface area contributed by atoms with Gasteiger partial charge in [-0.05, 0) is 48.2 Å². The van der Waals surface area contributed by atoms with E-state index in [1.165, 1.54) is 4.90 Å². The standard InChI is InChI=1S/C22H24N2O5/c1-27-17-9-5-15(6-10-17)22(16-7-11-18(28-2)12-8-16)20(25)24(21(26)23-22)14-19-4-3-13-29-19/h5-12,19H,3-4,13-14H2,1-2H3,(H,23,26)/t19-/m0/s1. The molecule has 2 aliphatic rings. The highest BCUT2D eigenvalue weighted by Crippen LogP contribution is 2.38. The van der Waals surface area contributed by atoms with E-state index in [1.807, 2.05) is 0 Å². The molecule has 4 rings (SSSR count). The van der Waals surface area contributed by atoms with Gasteiger partial charge in [-0.15, -0.1) is 0 Å². The van der Waals surface area contributed by atoms with E-state index >= 15 is 0 Å². The molecule has 29 heavy (non-hydrogen) atoms. The highest BCUT2D eigenvalue weighted by atomic mass is 16.5. The van der Waals surface area contributed by atoms with Gasteiger partial charge in [0.25, 0.3) is 5.91 Å². The smallest absolute Gasteiger partial charge is 0.325 e. The molecule has 0 aromatic heterocycles. The average molecular weight is 396 g/mol. The summed E-state index contributed by atoms with van der Waals surface area (Å²) in [6.07, 6.45) is 1.66. The van der Waals surface area contributed by atoms with Crippen molar-refractivity contribution in [2.75, 3.05) is 27.4 Å². The molecule has 2 aromatic carbocycles. The van der Waals surface area contributed by atoms with E-state index in [0.29, 0.717) is 29.2 Å². The summed E-state index contributed by atoms with van der Waals surface area (Å²) in [5.41, 5.74) is 0.0159. The Morgan fingerprint density at radius 3 is 2.00 bits per heavy atom. The lowest BCUT2D eigenvalue weighted by Gasteiger charge is -2.28. The molecule has 1 atom stereocenters. The quantitative estimate of drug-likeness (QED) is 0.760. The minimum Gasteiger partial charge on any atom is -0.497 e. The van der Waals surface area contributed by atoms with Crippen LogP contribution in [0.15, 0.2) is 48.5 Å². The Labute approximate surface area is 169 Å². The van der Waals surface area contributed by atoms with Crippen LogP contribution < -0.4 is 14.8 Å². The van der Waals surface area contributed by atoms with Crippen molar-refractivity contribution in [3.05, 3.63) is 59.7 Å². The number of carbonyl (C=O) groups excluding carboxylic acids is 2. The van der Waals surface area contributed by atoms with Crippen molar-refractivity contribution in [2.45, 2.75) is 24.5 Å². The van der Waals surface area contributed by atoms with Crippen molar-refractivity contribution in [2.24, 2.45) is 0 Å². The first-order valence-electron chi connectivity index (χ1n) is 9.63. The Balaban J connectivity index is 1.77. The first-order chi connectivity index (χ1) is 14.1. The predicted octanol–water partition coefficient (Wildman–Crippen LogP) is 2.68. The Hall–Kier alpha value is -3.06. The lowest BCUT2D eigenvalue weighted by atomic mass is 9.82. The van der Waals surface area contributed by atoms with E-state index in [9.17, 15) is 9.59 Å². The van der Waals surface area contributed by atoms with Gasteiger partial charge in [-0.1, -0.05) is 24.3 Å². The van der Waals surface area contributed by atoms with Gasteiger partial charge in [0.15, 0.2) is 5.54 Å². The van der Waals surface area contributed by atoms with E-state index in [1.54, 1.807) is 62.8 Å². The normalized spacial score (nSPS) is 20.6. The maximum atomic E-state index is 13.7. The number of nitrogens with zero attached hydrogens (tertiary/aromatic N) is 1. The molecule has 0 bridgehead atoms. The van der Waals surface area contributed by atoms with Crippen molar-refractivity contribution in [1.29, 1.82) is 0 Å². The molecule has 2 heterocycles. The highest BCUT2D eigenvalue weighted by molar-refractivity contribution is 6.09. The number of carbonyl (C=O) groups is 2. The van der Waals surface area contributed by atoms with Gasteiger partial charge in [-0.2, -0.15) is 0 Å². The number of imide groups is 1. The van der Waals surface area contributed by atoms with Gasteiger partial charge in [-0.25, -0.2) is 4.79 Å². The molecule has 2 aromatic rings. The SMILES string of the molecule is COc1ccc(C2(c3ccc(OC)cc3)NC(=O)N(C[C@@H]3CCCO3)C2=O)cc1. The average Bonchev–Trinajstić information content (AvgIpc) is 3.36. The molecule has 7 heteroatoms. The Morgan fingerprint density at radius 1 is 1.00 bits per heavy atom. The fraction of sp³-hybridized carbons (Fsp3) is 0.364. The second-order valence-corrected chi connectivity index (χ2v) is 7.19. The van der Waals surface area contributed by atoms with Crippen LogP contribution in [-0.2, 0) is 15.1 Å². The minimum atomic E-state index is -1.31. The molecule has 2 saturated heterocycles. The number of methoxy groups -OCH3 is 2. The Bertz CT molecular complexity index is 841.